The van der Waals surface area contributed by atoms with E-state index in [1.807, 2.05) is 25.4 Å². The van der Waals surface area contributed by atoms with E-state index in [9.17, 15) is 9.59 Å². The Labute approximate surface area is 159 Å². The second kappa shape index (κ2) is 7.92. The number of aromatic nitrogens is 1. The van der Waals surface area contributed by atoms with Gasteiger partial charge < -0.3 is 14.4 Å². The Morgan fingerprint density at radius 3 is 2.78 bits per heavy atom. The molecule has 1 fully saturated rings. The summed E-state index contributed by atoms with van der Waals surface area (Å²) >= 11 is 0. The summed E-state index contributed by atoms with van der Waals surface area (Å²) in [5.41, 5.74) is 0.219. The Morgan fingerprint density at radius 1 is 1.30 bits per heavy atom. The summed E-state index contributed by atoms with van der Waals surface area (Å²) in [4.78, 5) is 31.4. The third kappa shape index (κ3) is 3.60. The topological polar surface area (TPSA) is 80.8 Å². The molecular weight excluding hydrogens is 346 g/mol. The van der Waals surface area contributed by atoms with Crippen molar-refractivity contribution in [2.24, 2.45) is 11.3 Å². The molecule has 2 atom stereocenters. The third-order valence-electron chi connectivity index (χ3n) is 5.22. The Bertz CT molecular complexity index is 775. The van der Waals surface area contributed by atoms with Gasteiger partial charge in [0, 0.05) is 18.9 Å². The van der Waals surface area contributed by atoms with Gasteiger partial charge in [0.25, 0.3) is 0 Å². The van der Waals surface area contributed by atoms with E-state index in [-0.39, 0.29) is 11.8 Å². The van der Waals surface area contributed by atoms with Crippen molar-refractivity contribution in [3.63, 3.8) is 0 Å². The van der Waals surface area contributed by atoms with Gasteiger partial charge in [-0.1, -0.05) is 12.1 Å². The zero-order valence-electron chi connectivity index (χ0n) is 15.9. The zero-order chi connectivity index (χ0) is 19.4. The third-order valence-corrected chi connectivity index (χ3v) is 5.22. The number of ether oxygens (including phenoxy) is 2. The Kier molecular flexibility index (Phi) is 5.60. The predicted molar refractivity (Wildman–Crippen MR) is 99.1 cm³/mol. The summed E-state index contributed by atoms with van der Waals surface area (Å²) in [5, 5.41) is 2.47. The number of rotatable bonds is 8. The molecule has 2 aliphatic rings. The van der Waals surface area contributed by atoms with E-state index in [0.717, 1.165) is 25.1 Å². The quantitative estimate of drug-likeness (QED) is 0.700. The maximum absolute atomic E-state index is 12.6. The number of imide groups is 1. The first-order valence-corrected chi connectivity index (χ1v) is 8.96. The maximum atomic E-state index is 12.6. The number of methoxy groups -OCH3 is 2. The monoisotopic (exact) mass is 371 g/mol. The summed E-state index contributed by atoms with van der Waals surface area (Å²) in [6.07, 6.45) is 8.43. The second-order valence-electron chi connectivity index (χ2n) is 6.96. The number of hydrogen-bond donors (Lipinski definition) is 1. The SMILES string of the molecule is COC1=C(OC)C2C(=O)NC(=O)C2(CCCN(C)Cc2cccnc2)C=C1. The number of carbonyl (C=O) groups excluding carboxylic acids is 2. The summed E-state index contributed by atoms with van der Waals surface area (Å²) in [6.45, 7) is 1.57. The molecule has 2 unspecified atom stereocenters. The van der Waals surface area contributed by atoms with E-state index in [2.05, 4.69) is 15.2 Å². The molecule has 7 nitrogen and oxygen atoms in total. The summed E-state index contributed by atoms with van der Waals surface area (Å²) in [7, 11) is 5.05. The van der Waals surface area contributed by atoms with Crippen LogP contribution in [0.25, 0.3) is 0 Å². The normalized spacial score (nSPS) is 24.2. The first-order chi connectivity index (χ1) is 13.0. The van der Waals surface area contributed by atoms with E-state index in [1.165, 1.54) is 14.2 Å². The molecular formula is C20H25N3O4. The highest BCUT2D eigenvalue weighted by atomic mass is 16.5. The van der Waals surface area contributed by atoms with Crippen LogP contribution in [-0.4, -0.2) is 49.5 Å². The zero-order valence-corrected chi connectivity index (χ0v) is 15.9. The number of hydrogen-bond acceptors (Lipinski definition) is 6. The molecule has 1 aromatic rings. The molecule has 0 bridgehead atoms. The predicted octanol–water partition coefficient (Wildman–Crippen LogP) is 1.63. The minimum Gasteiger partial charge on any atom is -0.496 e. The first kappa shape index (κ1) is 19.1. The summed E-state index contributed by atoms with van der Waals surface area (Å²) < 4.78 is 10.7. The highest BCUT2D eigenvalue weighted by Crippen LogP contribution is 2.47. The van der Waals surface area contributed by atoms with Crippen LogP contribution in [0.4, 0.5) is 0 Å². The van der Waals surface area contributed by atoms with Crippen molar-refractivity contribution in [2.45, 2.75) is 19.4 Å². The number of fused-ring (bicyclic) bond motifs is 1. The smallest absolute Gasteiger partial charge is 0.238 e. The van der Waals surface area contributed by atoms with Crippen LogP contribution >= 0.6 is 0 Å². The molecule has 1 aromatic heterocycles. The molecule has 2 heterocycles. The van der Waals surface area contributed by atoms with Crippen molar-refractivity contribution < 1.29 is 19.1 Å². The number of nitrogens with zero attached hydrogens (tertiary/aromatic N) is 2. The van der Waals surface area contributed by atoms with Gasteiger partial charge in [-0.15, -0.1) is 0 Å². The lowest BCUT2D eigenvalue weighted by molar-refractivity contribution is -0.127. The van der Waals surface area contributed by atoms with Gasteiger partial charge in [-0.2, -0.15) is 0 Å². The highest BCUT2D eigenvalue weighted by Gasteiger charge is 2.57. The molecule has 1 aliphatic heterocycles. The van der Waals surface area contributed by atoms with E-state index in [1.54, 1.807) is 18.3 Å². The molecule has 3 rings (SSSR count). The van der Waals surface area contributed by atoms with E-state index in [4.69, 9.17) is 9.47 Å². The number of amides is 2. The van der Waals surface area contributed by atoms with Gasteiger partial charge >= 0.3 is 0 Å². The van der Waals surface area contributed by atoms with Gasteiger partial charge in [0.2, 0.25) is 11.8 Å². The van der Waals surface area contributed by atoms with E-state index >= 15 is 0 Å². The minimum absolute atomic E-state index is 0.270. The summed E-state index contributed by atoms with van der Waals surface area (Å²) in [6, 6.07) is 3.95. The first-order valence-electron chi connectivity index (χ1n) is 8.96. The van der Waals surface area contributed by atoms with Gasteiger partial charge in [-0.25, -0.2) is 0 Å². The van der Waals surface area contributed by atoms with Crippen LogP contribution in [0.5, 0.6) is 0 Å². The van der Waals surface area contributed by atoms with Crippen LogP contribution in [0.2, 0.25) is 0 Å². The molecule has 144 valence electrons. The lowest BCUT2D eigenvalue weighted by Gasteiger charge is -2.33. The number of nitrogens with one attached hydrogen (secondary N) is 1. The lowest BCUT2D eigenvalue weighted by atomic mass is 9.70. The molecule has 27 heavy (non-hydrogen) atoms. The fraction of sp³-hybridized carbons (Fsp3) is 0.450. The number of carbonyl (C=O) groups is 2. The average molecular weight is 371 g/mol. The Morgan fingerprint density at radius 2 is 2.11 bits per heavy atom. The van der Waals surface area contributed by atoms with Crippen LogP contribution in [0.3, 0.4) is 0 Å². The summed E-state index contributed by atoms with van der Waals surface area (Å²) in [5.74, 6) is -0.393. The van der Waals surface area contributed by atoms with Crippen LogP contribution in [0, 0.1) is 11.3 Å². The number of pyridine rings is 1. The fourth-order valence-corrected chi connectivity index (χ4v) is 3.89. The van der Waals surface area contributed by atoms with Gasteiger partial charge in [-0.05, 0) is 44.1 Å². The molecule has 2 amide bonds. The molecule has 0 aromatic carbocycles. The maximum Gasteiger partial charge on any atom is 0.238 e. The average Bonchev–Trinajstić information content (AvgIpc) is 2.92. The Hall–Kier alpha value is -2.67. The second-order valence-corrected chi connectivity index (χ2v) is 6.96. The van der Waals surface area contributed by atoms with E-state index < -0.39 is 11.3 Å². The van der Waals surface area contributed by atoms with Crippen LogP contribution < -0.4 is 5.32 Å². The molecule has 0 saturated carbocycles. The van der Waals surface area contributed by atoms with Gasteiger partial charge in [0.05, 0.1) is 19.6 Å². The van der Waals surface area contributed by atoms with Crippen molar-refractivity contribution in [3.8, 4) is 0 Å². The van der Waals surface area contributed by atoms with Crippen molar-refractivity contribution in [1.29, 1.82) is 0 Å². The van der Waals surface area contributed by atoms with Crippen LogP contribution in [0.1, 0.15) is 18.4 Å². The van der Waals surface area contributed by atoms with Crippen molar-refractivity contribution >= 4 is 11.8 Å². The highest BCUT2D eigenvalue weighted by molar-refractivity contribution is 6.10. The molecule has 1 N–H and O–H groups in total. The molecule has 0 radical (unpaired) electrons. The van der Waals surface area contributed by atoms with E-state index in [0.29, 0.717) is 17.9 Å². The van der Waals surface area contributed by atoms with Gasteiger partial charge in [-0.3, -0.25) is 19.9 Å². The van der Waals surface area contributed by atoms with Crippen molar-refractivity contribution in [3.05, 3.63) is 53.8 Å². The molecule has 7 heteroatoms. The van der Waals surface area contributed by atoms with Crippen LogP contribution in [-0.2, 0) is 25.6 Å². The lowest BCUT2D eigenvalue weighted by Crippen LogP contribution is -2.37. The largest absolute Gasteiger partial charge is 0.496 e. The molecule has 1 saturated heterocycles. The standard InChI is InChI=1S/C20H25N3O4/c1-23(13-14-6-4-10-21-12-14)11-5-8-20-9-7-15(26-2)17(27-3)16(20)18(24)22-19(20)25/h4,6-7,9-10,12,16H,5,8,11,13H2,1-3H3,(H,22,24,25). The molecule has 1 aliphatic carbocycles. The fourth-order valence-electron chi connectivity index (χ4n) is 3.89. The van der Waals surface area contributed by atoms with Crippen molar-refractivity contribution in [2.75, 3.05) is 27.8 Å². The van der Waals surface area contributed by atoms with Crippen molar-refractivity contribution in [1.82, 2.24) is 15.2 Å². The Balaban J connectivity index is 1.69. The number of allylic oxidation sites excluding steroid dienone is 1. The molecule has 0 spiro atoms. The van der Waals surface area contributed by atoms with Crippen LogP contribution in [0.15, 0.2) is 48.2 Å². The van der Waals surface area contributed by atoms with Gasteiger partial charge in [0.15, 0.2) is 11.5 Å². The van der Waals surface area contributed by atoms with Gasteiger partial charge in [0.1, 0.15) is 5.92 Å². The minimum atomic E-state index is -0.917.